The van der Waals surface area contributed by atoms with Crippen molar-refractivity contribution >= 4 is 29.5 Å². The third kappa shape index (κ3) is 3.53. The van der Waals surface area contributed by atoms with Crippen LogP contribution in [0.4, 0.5) is 0 Å². The second kappa shape index (κ2) is 8.25. The summed E-state index contributed by atoms with van der Waals surface area (Å²) in [6.07, 6.45) is 5.58. The van der Waals surface area contributed by atoms with Crippen molar-refractivity contribution in [2.45, 2.75) is 63.2 Å². The minimum absolute atomic E-state index is 0.0783. The zero-order valence-corrected chi connectivity index (χ0v) is 18.0. The van der Waals surface area contributed by atoms with E-state index in [1.807, 2.05) is 24.5 Å². The number of rotatable bonds is 5. The van der Waals surface area contributed by atoms with E-state index in [4.69, 9.17) is 4.42 Å². The third-order valence-corrected chi connectivity index (χ3v) is 6.88. The summed E-state index contributed by atoms with van der Waals surface area (Å²) in [5, 5.41) is 11.6. The van der Waals surface area contributed by atoms with Gasteiger partial charge in [0.2, 0.25) is 11.8 Å². The van der Waals surface area contributed by atoms with Crippen molar-refractivity contribution in [3.63, 3.8) is 0 Å². The Balaban J connectivity index is 1.53. The van der Waals surface area contributed by atoms with Gasteiger partial charge in [-0.3, -0.25) is 19.7 Å². The first-order chi connectivity index (χ1) is 14.5. The van der Waals surface area contributed by atoms with Crippen molar-refractivity contribution in [1.29, 1.82) is 0 Å². The molecule has 2 aromatic rings. The van der Waals surface area contributed by atoms with E-state index >= 15 is 0 Å². The highest BCUT2D eigenvalue weighted by Crippen LogP contribution is 2.36. The molecule has 4 rings (SSSR count). The van der Waals surface area contributed by atoms with Crippen molar-refractivity contribution in [2.75, 3.05) is 12.3 Å². The van der Waals surface area contributed by atoms with Gasteiger partial charge in [-0.05, 0) is 32.8 Å². The second-order valence-corrected chi connectivity index (χ2v) is 8.62. The van der Waals surface area contributed by atoms with Crippen molar-refractivity contribution < 1.29 is 18.8 Å². The highest BCUT2D eigenvalue weighted by atomic mass is 32.2. The van der Waals surface area contributed by atoms with Crippen molar-refractivity contribution in [3.05, 3.63) is 18.1 Å². The van der Waals surface area contributed by atoms with Crippen LogP contribution in [0, 0.1) is 6.92 Å². The van der Waals surface area contributed by atoms with E-state index in [0.29, 0.717) is 30.4 Å². The maximum absolute atomic E-state index is 13.1. The first-order valence-electron chi connectivity index (χ1n) is 10.2. The molecule has 0 atom stereocenters. The van der Waals surface area contributed by atoms with Crippen LogP contribution >= 0.6 is 11.8 Å². The average Bonchev–Trinajstić information content (AvgIpc) is 3.34. The van der Waals surface area contributed by atoms with Crippen LogP contribution in [-0.4, -0.2) is 55.2 Å². The number of aromatic nitrogens is 3. The summed E-state index contributed by atoms with van der Waals surface area (Å²) in [5.41, 5.74) is -0.0385. The number of amides is 3. The molecule has 1 aliphatic carbocycles. The van der Waals surface area contributed by atoms with E-state index in [2.05, 4.69) is 15.5 Å². The van der Waals surface area contributed by atoms with Gasteiger partial charge in [-0.15, -0.1) is 10.2 Å². The van der Waals surface area contributed by atoms with Gasteiger partial charge >= 0.3 is 0 Å². The Morgan fingerprint density at radius 2 is 2.03 bits per heavy atom. The number of hydrogen-bond donors (Lipinski definition) is 1. The van der Waals surface area contributed by atoms with Crippen LogP contribution in [0.3, 0.4) is 0 Å². The predicted molar refractivity (Wildman–Crippen MR) is 110 cm³/mol. The number of aryl methyl sites for hydroxylation is 1. The minimum atomic E-state index is -0.901. The van der Waals surface area contributed by atoms with Gasteiger partial charge in [0.25, 0.3) is 5.91 Å². The lowest BCUT2D eigenvalue weighted by Gasteiger charge is -2.47. The third-order valence-electron chi connectivity index (χ3n) is 5.93. The van der Waals surface area contributed by atoms with Gasteiger partial charge in [0.05, 0.1) is 17.6 Å². The fourth-order valence-electron chi connectivity index (χ4n) is 4.36. The maximum Gasteiger partial charge on any atom is 0.252 e. The van der Waals surface area contributed by atoms with Gasteiger partial charge in [0.1, 0.15) is 17.8 Å². The number of thioether (sulfide) groups is 1. The summed E-state index contributed by atoms with van der Waals surface area (Å²) in [6.45, 7) is 4.41. The van der Waals surface area contributed by atoms with Gasteiger partial charge in [0.15, 0.2) is 11.0 Å². The van der Waals surface area contributed by atoms with Gasteiger partial charge in [-0.2, -0.15) is 0 Å². The summed E-state index contributed by atoms with van der Waals surface area (Å²) in [4.78, 5) is 39.3. The SMILES string of the molecule is CCn1c(SCC(=O)N2CC(=O)NC(=O)C23CCCCC3)nnc1-c1ccoc1C. The molecule has 1 N–H and O–H groups in total. The predicted octanol–water partition coefficient (Wildman–Crippen LogP) is 2.15. The molecule has 1 spiro atoms. The number of nitrogens with zero attached hydrogens (tertiary/aromatic N) is 4. The lowest BCUT2D eigenvalue weighted by molar-refractivity contribution is -0.158. The Hall–Kier alpha value is -2.62. The maximum atomic E-state index is 13.1. The zero-order valence-electron chi connectivity index (χ0n) is 17.1. The molecule has 3 heterocycles. The molecule has 2 fully saturated rings. The highest BCUT2D eigenvalue weighted by molar-refractivity contribution is 7.99. The topological polar surface area (TPSA) is 110 Å². The molecule has 0 bridgehead atoms. The number of imide groups is 1. The Kier molecular flexibility index (Phi) is 5.68. The van der Waals surface area contributed by atoms with Crippen molar-refractivity contribution in [2.24, 2.45) is 0 Å². The molecule has 1 saturated heterocycles. The zero-order chi connectivity index (χ0) is 21.3. The van der Waals surface area contributed by atoms with E-state index in [1.165, 1.54) is 16.7 Å². The van der Waals surface area contributed by atoms with Crippen LogP contribution in [0.1, 0.15) is 44.8 Å². The molecule has 30 heavy (non-hydrogen) atoms. The van der Waals surface area contributed by atoms with Crippen LogP contribution in [0.25, 0.3) is 11.4 Å². The summed E-state index contributed by atoms with van der Waals surface area (Å²) in [7, 11) is 0. The quantitative estimate of drug-likeness (QED) is 0.570. The van der Waals surface area contributed by atoms with Crippen molar-refractivity contribution in [3.8, 4) is 11.4 Å². The monoisotopic (exact) mass is 431 g/mol. The molecule has 0 unspecified atom stereocenters. The molecule has 2 aliphatic rings. The highest BCUT2D eigenvalue weighted by Gasteiger charge is 2.50. The van der Waals surface area contributed by atoms with E-state index in [0.717, 1.165) is 30.6 Å². The van der Waals surface area contributed by atoms with Crippen molar-refractivity contribution in [1.82, 2.24) is 25.0 Å². The molecule has 0 radical (unpaired) electrons. The molecule has 9 nitrogen and oxygen atoms in total. The van der Waals surface area contributed by atoms with Gasteiger partial charge < -0.3 is 13.9 Å². The summed E-state index contributed by atoms with van der Waals surface area (Å²) < 4.78 is 7.30. The lowest BCUT2D eigenvalue weighted by atomic mass is 9.78. The van der Waals surface area contributed by atoms with Gasteiger partial charge in [0, 0.05) is 6.54 Å². The standard InChI is InChI=1S/C20H25N5O4S/c1-3-24-17(14-7-10-29-13(14)2)22-23-19(24)30-12-16(27)25-11-15(26)21-18(28)20(25)8-5-4-6-9-20/h7,10H,3-6,8-9,11-12H2,1-2H3,(H,21,26,28). The molecule has 2 aromatic heterocycles. The summed E-state index contributed by atoms with van der Waals surface area (Å²) in [5.74, 6) is 0.536. The van der Waals surface area contributed by atoms with E-state index in [-0.39, 0.29) is 24.1 Å². The normalized spacial score (nSPS) is 18.7. The summed E-state index contributed by atoms with van der Waals surface area (Å²) in [6, 6.07) is 1.84. The van der Waals surface area contributed by atoms with Crippen LogP contribution in [0.2, 0.25) is 0 Å². The minimum Gasteiger partial charge on any atom is -0.469 e. The second-order valence-electron chi connectivity index (χ2n) is 7.68. The number of hydrogen-bond acceptors (Lipinski definition) is 7. The number of furan rings is 1. The molecule has 0 aromatic carbocycles. The van der Waals surface area contributed by atoms with Gasteiger partial charge in [-0.25, -0.2) is 0 Å². The number of piperazine rings is 1. The Labute approximate surface area is 178 Å². The number of nitrogens with one attached hydrogen (secondary N) is 1. The largest absolute Gasteiger partial charge is 0.469 e. The smallest absolute Gasteiger partial charge is 0.252 e. The molecule has 10 heteroatoms. The first-order valence-corrected chi connectivity index (χ1v) is 11.2. The molecular weight excluding hydrogens is 406 g/mol. The Morgan fingerprint density at radius 1 is 1.27 bits per heavy atom. The molecule has 160 valence electrons. The summed E-state index contributed by atoms with van der Waals surface area (Å²) >= 11 is 1.27. The Bertz CT molecular complexity index is 976. The molecule has 1 aliphatic heterocycles. The molecule has 1 saturated carbocycles. The van der Waals surface area contributed by atoms with Crippen LogP contribution in [-0.2, 0) is 20.9 Å². The van der Waals surface area contributed by atoms with E-state index in [1.54, 1.807) is 6.26 Å². The van der Waals surface area contributed by atoms with Crippen LogP contribution < -0.4 is 5.32 Å². The lowest BCUT2D eigenvalue weighted by Crippen LogP contribution is -2.69. The number of carbonyl (C=O) groups is 3. The van der Waals surface area contributed by atoms with Crippen LogP contribution in [0.5, 0.6) is 0 Å². The number of carbonyl (C=O) groups excluding carboxylic acids is 3. The Morgan fingerprint density at radius 3 is 2.70 bits per heavy atom. The van der Waals surface area contributed by atoms with Gasteiger partial charge in [-0.1, -0.05) is 31.0 Å². The average molecular weight is 432 g/mol. The fourth-order valence-corrected chi connectivity index (χ4v) is 5.24. The van der Waals surface area contributed by atoms with E-state index < -0.39 is 11.4 Å². The fraction of sp³-hybridized carbons (Fsp3) is 0.550. The molecular formula is C20H25N5O4S. The van der Waals surface area contributed by atoms with Crippen LogP contribution in [0.15, 0.2) is 21.9 Å². The van der Waals surface area contributed by atoms with E-state index in [9.17, 15) is 14.4 Å². The first kappa shape index (κ1) is 20.6. The molecule has 3 amide bonds.